The molecule has 0 aliphatic carbocycles. The molecule has 1 aromatic rings. The van der Waals surface area contributed by atoms with Gasteiger partial charge < -0.3 is 0 Å². The third-order valence-corrected chi connectivity index (χ3v) is 2.90. The van der Waals surface area contributed by atoms with E-state index in [0.717, 1.165) is 18.4 Å². The highest BCUT2D eigenvalue weighted by molar-refractivity contribution is 5.31. The van der Waals surface area contributed by atoms with Crippen LogP contribution in [0.3, 0.4) is 0 Å². The normalized spacial score (nSPS) is 12.3. The highest BCUT2D eigenvalue weighted by atomic mass is 19.1. The van der Waals surface area contributed by atoms with Gasteiger partial charge in [0.05, 0.1) is 0 Å². The smallest absolute Gasteiger partial charge is 0.123 e. The van der Waals surface area contributed by atoms with Crippen molar-refractivity contribution in [3.05, 3.63) is 46.8 Å². The van der Waals surface area contributed by atoms with Crippen molar-refractivity contribution >= 4 is 0 Å². The summed E-state index contributed by atoms with van der Waals surface area (Å²) in [5.74, 6) is 0.334. The fourth-order valence-electron chi connectivity index (χ4n) is 1.90. The van der Waals surface area contributed by atoms with Gasteiger partial charge in [-0.15, -0.1) is 0 Å². The zero-order valence-electron chi connectivity index (χ0n) is 10.7. The van der Waals surface area contributed by atoms with Crippen LogP contribution in [-0.4, -0.2) is 0 Å². The molecule has 1 atom stereocenters. The Labute approximate surface area is 98.2 Å². The first-order valence-corrected chi connectivity index (χ1v) is 5.96. The predicted octanol–water partition coefficient (Wildman–Crippen LogP) is 4.85. The van der Waals surface area contributed by atoms with Gasteiger partial charge >= 0.3 is 0 Å². The van der Waals surface area contributed by atoms with Crippen LogP contribution in [0, 0.1) is 5.82 Å². The average Bonchev–Trinajstić information content (AvgIpc) is 2.25. The maximum atomic E-state index is 13.1. The molecule has 0 N–H and O–H groups in total. The Morgan fingerprint density at radius 2 is 2.06 bits per heavy atom. The van der Waals surface area contributed by atoms with Crippen LogP contribution in [-0.2, 0) is 6.42 Å². The first kappa shape index (κ1) is 13.0. The average molecular weight is 220 g/mol. The van der Waals surface area contributed by atoms with Gasteiger partial charge in [-0.1, -0.05) is 31.6 Å². The van der Waals surface area contributed by atoms with Crippen LogP contribution in [0.4, 0.5) is 4.39 Å². The molecule has 1 heteroatoms. The lowest BCUT2D eigenvalue weighted by atomic mass is 9.91. The van der Waals surface area contributed by atoms with Gasteiger partial charge in [0.1, 0.15) is 5.82 Å². The van der Waals surface area contributed by atoms with E-state index in [1.165, 1.54) is 11.1 Å². The van der Waals surface area contributed by atoms with Gasteiger partial charge in [0.15, 0.2) is 0 Å². The minimum atomic E-state index is -0.130. The quantitative estimate of drug-likeness (QED) is 0.636. The van der Waals surface area contributed by atoms with E-state index in [1.54, 1.807) is 12.1 Å². The Morgan fingerprint density at radius 3 is 2.62 bits per heavy atom. The lowest BCUT2D eigenvalue weighted by Gasteiger charge is -2.14. The van der Waals surface area contributed by atoms with Crippen molar-refractivity contribution in [1.29, 1.82) is 0 Å². The topological polar surface area (TPSA) is 0 Å². The first-order valence-electron chi connectivity index (χ1n) is 5.96. The molecule has 0 saturated heterocycles. The Kier molecular flexibility index (Phi) is 4.72. The van der Waals surface area contributed by atoms with Gasteiger partial charge in [-0.25, -0.2) is 4.39 Å². The number of benzene rings is 1. The Balaban J connectivity index is 2.90. The molecule has 0 spiro atoms. The van der Waals surface area contributed by atoms with E-state index in [0.29, 0.717) is 5.92 Å². The molecule has 1 unspecified atom stereocenters. The van der Waals surface area contributed by atoms with Gasteiger partial charge in [0.25, 0.3) is 0 Å². The van der Waals surface area contributed by atoms with Crippen molar-refractivity contribution in [2.75, 3.05) is 0 Å². The SMILES string of the molecule is CCc1cc(F)ccc1C(C)CC=C(C)C. The van der Waals surface area contributed by atoms with Crippen LogP contribution >= 0.6 is 0 Å². The molecule has 0 bridgehead atoms. The van der Waals surface area contributed by atoms with Crippen LogP contribution in [0.15, 0.2) is 29.8 Å². The minimum Gasteiger partial charge on any atom is -0.207 e. The van der Waals surface area contributed by atoms with Gasteiger partial charge in [-0.05, 0) is 55.9 Å². The summed E-state index contributed by atoms with van der Waals surface area (Å²) in [5.41, 5.74) is 3.75. The third-order valence-electron chi connectivity index (χ3n) is 2.90. The van der Waals surface area contributed by atoms with E-state index in [4.69, 9.17) is 0 Å². The Hall–Kier alpha value is -1.11. The lowest BCUT2D eigenvalue weighted by Crippen LogP contribution is -1.99. The molecule has 0 aromatic heterocycles. The number of hydrogen-bond donors (Lipinski definition) is 0. The Bertz CT molecular complexity index is 373. The summed E-state index contributed by atoms with van der Waals surface area (Å²) in [4.78, 5) is 0. The molecular weight excluding hydrogens is 199 g/mol. The molecule has 0 heterocycles. The fraction of sp³-hybridized carbons (Fsp3) is 0.467. The summed E-state index contributed by atoms with van der Waals surface area (Å²) in [6.07, 6.45) is 4.17. The molecule has 1 aromatic carbocycles. The third kappa shape index (κ3) is 3.48. The number of hydrogen-bond acceptors (Lipinski definition) is 0. The van der Waals surface area contributed by atoms with Crippen molar-refractivity contribution < 1.29 is 4.39 Å². The highest BCUT2D eigenvalue weighted by Crippen LogP contribution is 2.25. The zero-order valence-corrected chi connectivity index (χ0v) is 10.7. The van der Waals surface area contributed by atoms with Crippen LogP contribution in [0.2, 0.25) is 0 Å². The maximum absolute atomic E-state index is 13.1. The number of rotatable bonds is 4. The van der Waals surface area contributed by atoms with Crippen molar-refractivity contribution in [2.24, 2.45) is 0 Å². The summed E-state index contributed by atoms with van der Waals surface area (Å²) in [7, 11) is 0. The monoisotopic (exact) mass is 220 g/mol. The highest BCUT2D eigenvalue weighted by Gasteiger charge is 2.09. The number of aryl methyl sites for hydroxylation is 1. The number of allylic oxidation sites excluding steroid dienone is 2. The lowest BCUT2D eigenvalue weighted by molar-refractivity contribution is 0.622. The summed E-state index contributed by atoms with van der Waals surface area (Å²) in [6, 6.07) is 5.15. The maximum Gasteiger partial charge on any atom is 0.123 e. The van der Waals surface area contributed by atoms with Crippen LogP contribution < -0.4 is 0 Å². The molecule has 0 amide bonds. The molecular formula is C15H21F. The molecule has 16 heavy (non-hydrogen) atoms. The van der Waals surface area contributed by atoms with E-state index in [1.807, 2.05) is 6.07 Å². The van der Waals surface area contributed by atoms with Crippen molar-refractivity contribution in [3.8, 4) is 0 Å². The first-order chi connectivity index (χ1) is 7.54. The van der Waals surface area contributed by atoms with E-state index >= 15 is 0 Å². The van der Waals surface area contributed by atoms with E-state index in [9.17, 15) is 4.39 Å². The van der Waals surface area contributed by atoms with Gasteiger partial charge in [-0.2, -0.15) is 0 Å². The predicted molar refractivity (Wildman–Crippen MR) is 68.2 cm³/mol. The molecule has 0 aliphatic heterocycles. The van der Waals surface area contributed by atoms with Gasteiger partial charge in [0, 0.05) is 0 Å². The zero-order chi connectivity index (χ0) is 12.1. The van der Waals surface area contributed by atoms with E-state index in [-0.39, 0.29) is 5.82 Å². The summed E-state index contributed by atoms with van der Waals surface area (Å²) < 4.78 is 13.1. The summed E-state index contributed by atoms with van der Waals surface area (Å²) >= 11 is 0. The summed E-state index contributed by atoms with van der Waals surface area (Å²) in [5, 5.41) is 0. The molecule has 1 rings (SSSR count). The second-order valence-electron chi connectivity index (χ2n) is 4.61. The van der Waals surface area contributed by atoms with E-state index < -0.39 is 0 Å². The molecule has 0 nitrogen and oxygen atoms in total. The summed E-state index contributed by atoms with van der Waals surface area (Å²) in [6.45, 7) is 8.49. The van der Waals surface area contributed by atoms with Crippen LogP contribution in [0.5, 0.6) is 0 Å². The van der Waals surface area contributed by atoms with Gasteiger partial charge in [0.2, 0.25) is 0 Å². The fourth-order valence-corrected chi connectivity index (χ4v) is 1.90. The van der Waals surface area contributed by atoms with Crippen molar-refractivity contribution in [1.82, 2.24) is 0 Å². The number of halogens is 1. The second kappa shape index (κ2) is 5.83. The largest absolute Gasteiger partial charge is 0.207 e. The van der Waals surface area contributed by atoms with Crippen molar-refractivity contribution in [3.63, 3.8) is 0 Å². The second-order valence-corrected chi connectivity index (χ2v) is 4.61. The molecule has 0 aliphatic rings. The van der Waals surface area contributed by atoms with Crippen LogP contribution in [0.25, 0.3) is 0 Å². The molecule has 0 fully saturated rings. The van der Waals surface area contributed by atoms with Crippen molar-refractivity contribution in [2.45, 2.75) is 46.5 Å². The Morgan fingerprint density at radius 1 is 1.38 bits per heavy atom. The van der Waals surface area contributed by atoms with E-state index in [2.05, 4.69) is 33.8 Å². The van der Waals surface area contributed by atoms with Gasteiger partial charge in [-0.3, -0.25) is 0 Å². The standard InChI is InChI=1S/C15H21F/c1-5-13-10-14(16)8-9-15(13)12(4)7-6-11(2)3/h6,8-10,12H,5,7H2,1-4H3. The minimum absolute atomic E-state index is 0.130. The molecule has 88 valence electrons. The van der Waals surface area contributed by atoms with Crippen LogP contribution in [0.1, 0.15) is 51.2 Å². The molecule has 0 radical (unpaired) electrons. The molecule has 0 saturated carbocycles.